The van der Waals surface area contributed by atoms with E-state index in [4.69, 9.17) is 33.4 Å². The fourth-order valence-corrected chi connectivity index (χ4v) is 5.95. The van der Waals surface area contributed by atoms with Crippen LogP contribution in [0.15, 0.2) is 22.1 Å². The highest BCUT2D eigenvalue weighted by Crippen LogP contribution is 2.41. The number of fused-ring (bicyclic) bond motifs is 1. The summed E-state index contributed by atoms with van der Waals surface area (Å²) >= 11 is 0. The lowest BCUT2D eigenvalue weighted by Crippen LogP contribution is -2.49. The van der Waals surface area contributed by atoms with Crippen molar-refractivity contribution in [3.63, 3.8) is 0 Å². The number of ether oxygens (including phenoxy) is 1. The Bertz CT molecular complexity index is 1420. The molecule has 0 bridgehead atoms. The predicted octanol–water partition coefficient (Wildman–Crippen LogP) is 3.46. The Morgan fingerprint density at radius 1 is 0.851 bits per heavy atom. The molecule has 0 aliphatic carbocycles. The van der Waals surface area contributed by atoms with E-state index in [-0.39, 0.29) is 46.9 Å². The van der Waals surface area contributed by atoms with Crippen LogP contribution in [0.1, 0.15) is 117 Å². The number of nitrogens with two attached hydrogens (primary N) is 5. The Kier molecular flexibility index (Phi) is 12.9. The number of guanidine groups is 2. The highest BCUT2D eigenvalue weighted by atomic mass is 16.5. The first-order valence-electron chi connectivity index (χ1n) is 16.5. The summed E-state index contributed by atoms with van der Waals surface area (Å²) in [4.78, 5) is 38.8. The van der Waals surface area contributed by atoms with E-state index in [9.17, 15) is 9.59 Å². The zero-order valence-corrected chi connectivity index (χ0v) is 30.4. The first-order valence-corrected chi connectivity index (χ1v) is 16.5. The van der Waals surface area contributed by atoms with E-state index >= 15 is 0 Å². The molecule has 0 aliphatic rings. The smallest absolute Gasteiger partial charge is 0.328 e. The molecule has 0 spiro atoms. The van der Waals surface area contributed by atoms with Crippen molar-refractivity contribution in [2.24, 2.45) is 38.7 Å². The van der Waals surface area contributed by atoms with Crippen molar-refractivity contribution in [1.82, 2.24) is 10.3 Å². The molecule has 0 saturated heterocycles. The van der Waals surface area contributed by atoms with Crippen LogP contribution in [0.2, 0.25) is 0 Å². The minimum absolute atomic E-state index is 0.00445. The number of aromatic nitrogens is 1. The number of hydrogen-bond acceptors (Lipinski definition) is 6. The van der Waals surface area contributed by atoms with Gasteiger partial charge in [-0.05, 0) is 59.3 Å². The van der Waals surface area contributed by atoms with Gasteiger partial charge in [-0.3, -0.25) is 14.8 Å². The number of amides is 1. The summed E-state index contributed by atoms with van der Waals surface area (Å²) in [5, 5.41) is 4.05. The average Bonchev–Trinajstić information content (AvgIpc) is 3.30. The van der Waals surface area contributed by atoms with Gasteiger partial charge >= 0.3 is 5.97 Å². The summed E-state index contributed by atoms with van der Waals surface area (Å²) in [5.41, 5.74) is 32.7. The zero-order valence-electron chi connectivity index (χ0n) is 30.4. The molecule has 12 N–H and O–H groups in total. The predicted molar refractivity (Wildman–Crippen MR) is 193 cm³/mol. The average molecular weight is 656 g/mol. The van der Waals surface area contributed by atoms with Crippen molar-refractivity contribution >= 4 is 34.7 Å². The Balaban J connectivity index is 2.55. The standard InChI is InChI=1S/C35H61N9O3/c1-32(2,3)21-17-23(33(4,5)6)27-22(28(34(7,8)9)44-24(27)18-21)19-25(29(46)47-10)43-26(45)20-35(40,13-11-15-41-30(36)37)14-12-16-42-31(38)39/h17-18,25,44H,11-16,19-20,40H2,1-10H3,(H,43,45)(H4,36,37,41)(H4,38,39,42). The number of nitrogens with one attached hydrogen (secondary N) is 2. The molecule has 12 nitrogen and oxygen atoms in total. The maximum Gasteiger partial charge on any atom is 0.328 e. The lowest BCUT2D eigenvalue weighted by molar-refractivity contribution is -0.145. The fourth-order valence-electron chi connectivity index (χ4n) is 5.95. The summed E-state index contributed by atoms with van der Waals surface area (Å²) in [6.07, 6.45) is 2.32. The number of carbonyl (C=O) groups is 2. The minimum atomic E-state index is -0.935. The molecule has 0 aliphatic heterocycles. The topological polar surface area (TPSA) is 226 Å². The highest BCUT2D eigenvalue weighted by Gasteiger charge is 2.34. The number of aliphatic imine (C=N–C) groups is 2. The van der Waals surface area contributed by atoms with Crippen molar-refractivity contribution in [2.45, 2.75) is 129 Å². The largest absolute Gasteiger partial charge is 0.467 e. The van der Waals surface area contributed by atoms with Gasteiger partial charge in [0, 0.05) is 53.5 Å². The number of aromatic amines is 1. The van der Waals surface area contributed by atoms with E-state index < -0.39 is 17.6 Å². The van der Waals surface area contributed by atoms with Crippen LogP contribution < -0.4 is 34.0 Å². The molecule has 1 aromatic carbocycles. The maximum atomic E-state index is 13.7. The molecule has 2 rings (SSSR count). The van der Waals surface area contributed by atoms with Crippen LogP contribution in [0.3, 0.4) is 0 Å². The second kappa shape index (κ2) is 15.4. The Hall–Kier alpha value is -3.80. The van der Waals surface area contributed by atoms with E-state index in [2.05, 4.69) is 94.7 Å². The van der Waals surface area contributed by atoms with Gasteiger partial charge in [-0.25, -0.2) is 4.79 Å². The van der Waals surface area contributed by atoms with Crippen LogP contribution in [0.4, 0.5) is 0 Å². The second-order valence-corrected chi connectivity index (χ2v) is 15.9. The molecular weight excluding hydrogens is 594 g/mol. The maximum absolute atomic E-state index is 13.7. The number of benzene rings is 1. The molecule has 0 radical (unpaired) electrons. The van der Waals surface area contributed by atoms with Crippen molar-refractivity contribution in [1.29, 1.82) is 0 Å². The molecular formula is C35H61N9O3. The minimum Gasteiger partial charge on any atom is -0.467 e. The molecule has 0 saturated carbocycles. The van der Waals surface area contributed by atoms with Gasteiger partial charge in [-0.1, -0.05) is 68.4 Å². The van der Waals surface area contributed by atoms with Crippen LogP contribution >= 0.6 is 0 Å². The number of esters is 1. The van der Waals surface area contributed by atoms with E-state index in [0.717, 1.165) is 22.2 Å². The normalized spacial score (nSPS) is 13.3. The number of H-pyrrole nitrogens is 1. The Morgan fingerprint density at radius 2 is 1.38 bits per heavy atom. The monoisotopic (exact) mass is 655 g/mol. The van der Waals surface area contributed by atoms with Crippen molar-refractivity contribution < 1.29 is 14.3 Å². The van der Waals surface area contributed by atoms with Gasteiger partial charge < -0.3 is 43.7 Å². The number of nitrogens with zero attached hydrogens (tertiary/aromatic N) is 2. The zero-order chi connectivity index (χ0) is 36.0. The first-order chi connectivity index (χ1) is 21.5. The first kappa shape index (κ1) is 39.4. The molecule has 1 heterocycles. The molecule has 0 fully saturated rings. The molecule has 1 unspecified atom stereocenters. The lowest BCUT2D eigenvalue weighted by atomic mass is 9.77. The van der Waals surface area contributed by atoms with Gasteiger partial charge in [0.15, 0.2) is 11.9 Å². The van der Waals surface area contributed by atoms with Crippen molar-refractivity contribution in [2.75, 3.05) is 20.2 Å². The Morgan fingerprint density at radius 3 is 1.81 bits per heavy atom. The van der Waals surface area contributed by atoms with Crippen LogP contribution in [-0.4, -0.2) is 60.6 Å². The third-order valence-electron chi connectivity index (χ3n) is 8.42. The van der Waals surface area contributed by atoms with E-state index in [1.165, 1.54) is 18.2 Å². The number of hydrogen-bond donors (Lipinski definition) is 7. The SMILES string of the molecule is COC(=O)C(Cc1c(C(C)(C)C)[nH]c2cc(C(C)(C)C)cc(C(C)(C)C)c12)NC(=O)CC(N)(CCCN=C(N)N)CCCN=C(N)N. The number of methoxy groups -OCH3 is 1. The van der Waals surface area contributed by atoms with Gasteiger partial charge in [0.05, 0.1) is 7.11 Å². The molecule has 1 atom stereocenters. The molecule has 1 amide bonds. The third-order valence-corrected chi connectivity index (χ3v) is 8.42. The van der Waals surface area contributed by atoms with Crippen LogP contribution in [0, 0.1) is 0 Å². The summed E-state index contributed by atoms with van der Waals surface area (Å²) in [6, 6.07) is 3.56. The molecule has 1 aromatic heterocycles. The fraction of sp³-hybridized carbons (Fsp3) is 0.657. The molecule has 12 heteroatoms. The van der Waals surface area contributed by atoms with Gasteiger partial charge in [0.2, 0.25) is 5.91 Å². The van der Waals surface area contributed by atoms with Crippen LogP contribution in [0.5, 0.6) is 0 Å². The summed E-state index contributed by atoms with van der Waals surface area (Å²) in [5.74, 6) is -0.889. The Labute approximate surface area is 281 Å². The van der Waals surface area contributed by atoms with Crippen LogP contribution in [0.25, 0.3) is 10.9 Å². The van der Waals surface area contributed by atoms with Gasteiger partial charge in [0.25, 0.3) is 0 Å². The van der Waals surface area contributed by atoms with Crippen LogP contribution in [-0.2, 0) is 37.0 Å². The highest BCUT2D eigenvalue weighted by molar-refractivity contribution is 5.92. The van der Waals surface area contributed by atoms with E-state index in [1.54, 1.807) is 0 Å². The van der Waals surface area contributed by atoms with Gasteiger partial charge in [0.1, 0.15) is 6.04 Å². The van der Waals surface area contributed by atoms with E-state index in [0.29, 0.717) is 38.8 Å². The summed E-state index contributed by atoms with van der Waals surface area (Å²) in [7, 11) is 1.33. The van der Waals surface area contributed by atoms with Gasteiger partial charge in [-0.15, -0.1) is 0 Å². The van der Waals surface area contributed by atoms with Crippen molar-refractivity contribution in [3.05, 3.63) is 34.5 Å². The lowest BCUT2D eigenvalue weighted by Gasteiger charge is -2.30. The van der Waals surface area contributed by atoms with Gasteiger partial charge in [-0.2, -0.15) is 0 Å². The van der Waals surface area contributed by atoms with E-state index in [1.807, 2.05) is 0 Å². The molecule has 2 aromatic rings. The summed E-state index contributed by atoms with van der Waals surface area (Å²) < 4.78 is 5.22. The summed E-state index contributed by atoms with van der Waals surface area (Å²) in [6.45, 7) is 20.4. The number of carbonyl (C=O) groups excluding carboxylic acids is 2. The quantitative estimate of drug-likeness (QED) is 0.0688. The molecule has 264 valence electrons. The second-order valence-electron chi connectivity index (χ2n) is 15.9. The molecule has 47 heavy (non-hydrogen) atoms. The number of rotatable bonds is 14. The van der Waals surface area contributed by atoms with Crippen molar-refractivity contribution in [3.8, 4) is 0 Å². The third kappa shape index (κ3) is 11.4.